The highest BCUT2D eigenvalue weighted by molar-refractivity contribution is 7.81. The number of hydrogen-bond acceptors (Lipinski definition) is 4. The third-order valence-electron chi connectivity index (χ3n) is 3.57. The summed E-state index contributed by atoms with van der Waals surface area (Å²) in [6.07, 6.45) is 3.64. The summed E-state index contributed by atoms with van der Waals surface area (Å²) in [7, 11) is 1.62. The van der Waals surface area contributed by atoms with Gasteiger partial charge >= 0.3 is 0 Å². The molecule has 0 aliphatic heterocycles. The number of aliphatic hydroxyl groups excluding tert-OH is 1. The molecule has 2 N–H and O–H groups in total. The summed E-state index contributed by atoms with van der Waals surface area (Å²) >= 11 is 12.9. The molecule has 0 saturated heterocycles. The van der Waals surface area contributed by atoms with Crippen LogP contribution < -0.4 is 14.6 Å². The van der Waals surface area contributed by atoms with E-state index < -0.39 is 0 Å². The Labute approximate surface area is 166 Å². The van der Waals surface area contributed by atoms with E-state index in [2.05, 4.69) is 5.32 Å². The van der Waals surface area contributed by atoms with Crippen LogP contribution in [0.4, 0.5) is 5.69 Å². The maximum Gasteiger partial charge on any atom is 0.289 e. The van der Waals surface area contributed by atoms with Gasteiger partial charge in [0.05, 0.1) is 16.3 Å². The number of hydrogen-bond donors (Lipinski definition) is 2. The number of nitrogens with zero attached hydrogens (tertiary/aromatic N) is 1. The van der Waals surface area contributed by atoms with Crippen LogP contribution in [-0.2, 0) is 0 Å². The Morgan fingerprint density at radius 3 is 2.38 bits per heavy atom. The number of methoxy groups -OCH3 is 1. The van der Waals surface area contributed by atoms with Crippen LogP contribution in [0.1, 0.15) is 4.88 Å². The van der Waals surface area contributed by atoms with Gasteiger partial charge in [-0.1, -0.05) is 29.9 Å². The van der Waals surface area contributed by atoms with E-state index in [-0.39, 0.29) is 5.76 Å². The molecule has 1 aromatic carbocycles. The molecule has 0 saturated carbocycles. The van der Waals surface area contributed by atoms with Crippen molar-refractivity contribution in [3.63, 3.8) is 0 Å². The Bertz CT molecular complexity index is 938. The van der Waals surface area contributed by atoms with Crippen LogP contribution in [0.3, 0.4) is 0 Å². The second-order valence-electron chi connectivity index (χ2n) is 5.27. The van der Waals surface area contributed by atoms with Gasteiger partial charge in [-0.2, -0.15) is 4.57 Å². The van der Waals surface area contributed by atoms with E-state index >= 15 is 0 Å². The molecule has 0 unspecified atom stereocenters. The van der Waals surface area contributed by atoms with E-state index in [0.29, 0.717) is 19.9 Å². The number of aromatic nitrogens is 1. The van der Waals surface area contributed by atoms with Crippen molar-refractivity contribution in [3.8, 4) is 5.75 Å². The first-order valence-electron chi connectivity index (χ1n) is 7.69. The molecule has 4 nitrogen and oxygen atoms in total. The van der Waals surface area contributed by atoms with Gasteiger partial charge in [-0.05, 0) is 36.4 Å². The predicted molar refractivity (Wildman–Crippen MR) is 111 cm³/mol. The maximum absolute atomic E-state index is 10.8. The van der Waals surface area contributed by atoms with Crippen LogP contribution in [0.5, 0.6) is 5.75 Å². The average molecular weight is 404 g/mol. The summed E-state index contributed by atoms with van der Waals surface area (Å²) in [4.78, 5) is 1.02. The Hall–Kier alpha value is -2.41. The van der Waals surface area contributed by atoms with Gasteiger partial charge in [0.25, 0.3) is 5.70 Å². The molecule has 0 amide bonds. The molecular formula is C19H16ClN2O2S2+. The first kappa shape index (κ1) is 18.4. The first-order valence-corrected chi connectivity index (χ1v) is 9.30. The number of rotatable bonds is 5. The van der Waals surface area contributed by atoms with Crippen LogP contribution in [0, 0.1) is 0 Å². The monoisotopic (exact) mass is 403 g/mol. The minimum atomic E-state index is 0.0594. The number of ether oxygens (including phenoxy) is 1. The van der Waals surface area contributed by atoms with Gasteiger partial charge in [0, 0.05) is 17.8 Å². The van der Waals surface area contributed by atoms with Crippen molar-refractivity contribution in [3.05, 3.63) is 76.2 Å². The molecule has 0 bridgehead atoms. The fourth-order valence-electron chi connectivity index (χ4n) is 2.32. The largest absolute Gasteiger partial charge is 0.501 e. The molecule has 2 heterocycles. The van der Waals surface area contributed by atoms with Gasteiger partial charge in [0.1, 0.15) is 5.75 Å². The second-order valence-corrected chi connectivity index (χ2v) is 7.39. The Morgan fingerprint density at radius 2 is 1.81 bits per heavy atom. The summed E-state index contributed by atoms with van der Waals surface area (Å²) in [5.74, 6) is 0.815. The minimum Gasteiger partial charge on any atom is -0.501 e. The molecule has 0 spiro atoms. The van der Waals surface area contributed by atoms with Crippen LogP contribution >= 0.6 is 35.2 Å². The first-order chi connectivity index (χ1) is 12.6. The molecular weight excluding hydrogens is 388 g/mol. The lowest BCUT2D eigenvalue weighted by molar-refractivity contribution is -0.575. The third-order valence-corrected chi connectivity index (χ3v) is 5.10. The normalized spacial score (nSPS) is 11.6. The molecule has 0 fully saturated rings. The summed E-state index contributed by atoms with van der Waals surface area (Å²) in [5, 5.41) is 14.0. The number of aliphatic hydroxyl groups is 1. The van der Waals surface area contributed by atoms with Crippen LogP contribution in [0.15, 0.2) is 67.0 Å². The molecule has 132 valence electrons. The number of pyridine rings is 1. The topological polar surface area (TPSA) is 45.4 Å². The van der Waals surface area contributed by atoms with Crippen LogP contribution in [0.25, 0.3) is 11.5 Å². The van der Waals surface area contributed by atoms with Crippen LogP contribution in [0.2, 0.25) is 4.34 Å². The standard InChI is InChI=1S/C19H15ClN2O2S2/c1-24-14-7-5-13(6-8-14)21-19(25)17(22-11-3-2-4-12-22)18(23)15-9-10-16(20)26-15/h2-12H,1H3,(H-,21,23,25)/p+1. The average Bonchev–Trinajstić information content (AvgIpc) is 3.10. The van der Waals surface area contributed by atoms with E-state index in [1.54, 1.807) is 23.8 Å². The van der Waals surface area contributed by atoms with Gasteiger partial charge in [-0.25, -0.2) is 0 Å². The number of halogens is 1. The zero-order chi connectivity index (χ0) is 18.5. The number of thiophene rings is 1. The van der Waals surface area contributed by atoms with E-state index in [4.69, 9.17) is 28.6 Å². The summed E-state index contributed by atoms with van der Waals surface area (Å²) < 4.78 is 7.53. The fraction of sp³-hybridized carbons (Fsp3) is 0.0526. The van der Waals surface area contributed by atoms with Crippen molar-refractivity contribution in [2.45, 2.75) is 0 Å². The molecule has 0 aliphatic carbocycles. The van der Waals surface area contributed by atoms with Crippen molar-refractivity contribution in [1.29, 1.82) is 0 Å². The molecule has 7 heteroatoms. The lowest BCUT2D eigenvalue weighted by atomic mass is 10.2. The highest BCUT2D eigenvalue weighted by Crippen LogP contribution is 2.29. The van der Waals surface area contributed by atoms with Gasteiger partial charge in [0.15, 0.2) is 17.4 Å². The molecule has 3 aromatic rings. The second kappa shape index (κ2) is 8.31. The van der Waals surface area contributed by atoms with Gasteiger partial charge in [-0.15, -0.1) is 11.3 Å². The van der Waals surface area contributed by atoms with Gasteiger partial charge in [0.2, 0.25) is 5.76 Å². The summed E-state index contributed by atoms with van der Waals surface area (Å²) in [6, 6.07) is 16.5. The maximum atomic E-state index is 10.8. The van der Waals surface area contributed by atoms with Crippen molar-refractivity contribution >= 4 is 57.3 Å². The molecule has 2 aromatic heterocycles. The Balaban J connectivity index is 1.98. The third kappa shape index (κ3) is 4.22. The van der Waals surface area contributed by atoms with Crippen molar-refractivity contribution < 1.29 is 14.4 Å². The molecule has 0 atom stereocenters. The van der Waals surface area contributed by atoms with Crippen LogP contribution in [-0.4, -0.2) is 17.2 Å². The highest BCUT2D eigenvalue weighted by atomic mass is 35.5. The smallest absolute Gasteiger partial charge is 0.289 e. The van der Waals surface area contributed by atoms with E-state index in [1.165, 1.54) is 11.3 Å². The SMILES string of the molecule is COc1ccc(NC(=S)/C(=C(\O)c2ccc(Cl)s2)[n+]2ccccc2)cc1. The van der Waals surface area contributed by atoms with E-state index in [1.807, 2.05) is 54.9 Å². The van der Waals surface area contributed by atoms with Crippen molar-refractivity contribution in [2.24, 2.45) is 0 Å². The zero-order valence-corrected chi connectivity index (χ0v) is 16.2. The lowest BCUT2D eigenvalue weighted by Crippen LogP contribution is -2.38. The quantitative estimate of drug-likeness (QED) is 0.272. The zero-order valence-electron chi connectivity index (χ0n) is 13.8. The number of anilines is 1. The van der Waals surface area contributed by atoms with E-state index in [9.17, 15) is 5.11 Å². The van der Waals surface area contributed by atoms with Gasteiger partial charge < -0.3 is 15.2 Å². The Kier molecular flexibility index (Phi) is 5.88. The fourth-order valence-corrected chi connectivity index (χ4v) is 3.63. The minimum absolute atomic E-state index is 0.0594. The van der Waals surface area contributed by atoms with Crippen molar-refractivity contribution in [2.75, 3.05) is 12.4 Å². The predicted octanol–water partition coefficient (Wildman–Crippen LogP) is 5.02. The molecule has 3 rings (SSSR count). The number of benzene rings is 1. The summed E-state index contributed by atoms with van der Waals surface area (Å²) in [5.41, 5.74) is 1.26. The molecule has 0 radical (unpaired) electrons. The van der Waals surface area contributed by atoms with E-state index in [0.717, 1.165) is 11.4 Å². The highest BCUT2D eigenvalue weighted by Gasteiger charge is 2.24. The summed E-state index contributed by atoms with van der Waals surface area (Å²) in [6.45, 7) is 0. The Morgan fingerprint density at radius 1 is 1.12 bits per heavy atom. The number of nitrogens with one attached hydrogen (secondary N) is 1. The lowest BCUT2D eigenvalue weighted by Gasteiger charge is -2.10. The number of thiocarbonyl (C=S) groups is 1. The molecule has 26 heavy (non-hydrogen) atoms. The van der Waals surface area contributed by atoms with Gasteiger partial charge in [-0.3, -0.25) is 0 Å². The molecule has 0 aliphatic rings. The van der Waals surface area contributed by atoms with Crippen molar-refractivity contribution in [1.82, 2.24) is 0 Å².